The highest BCUT2D eigenvalue weighted by atomic mass is 16.5. The van der Waals surface area contributed by atoms with Crippen LogP contribution in [0.25, 0.3) is 0 Å². The number of ketones is 1. The molecule has 5 heteroatoms. The topological polar surface area (TPSA) is 65.2 Å². The molecule has 1 atom stereocenters. The summed E-state index contributed by atoms with van der Waals surface area (Å²) in [7, 11) is 1.57. The number of carbonyl (C=O) groups excluding carboxylic acids is 1. The minimum absolute atomic E-state index is 0.000392. The van der Waals surface area contributed by atoms with E-state index in [0.29, 0.717) is 11.7 Å². The van der Waals surface area contributed by atoms with E-state index in [1.807, 2.05) is 13.8 Å². The third-order valence-corrected chi connectivity index (χ3v) is 2.47. The van der Waals surface area contributed by atoms with E-state index in [-0.39, 0.29) is 11.7 Å². The Hall–Kier alpha value is -1.23. The van der Waals surface area contributed by atoms with Crippen LogP contribution in [0.4, 0.5) is 0 Å². The highest BCUT2D eigenvalue weighted by Gasteiger charge is 2.28. The van der Waals surface area contributed by atoms with Crippen LogP contribution < -0.4 is 0 Å². The van der Waals surface area contributed by atoms with Crippen molar-refractivity contribution in [2.45, 2.75) is 39.2 Å². The van der Waals surface area contributed by atoms with Gasteiger partial charge in [-0.1, -0.05) is 5.16 Å². The second-order valence-electron chi connectivity index (χ2n) is 4.00. The first kappa shape index (κ1) is 11.8. The number of ether oxygens (including phenoxy) is 1. The minimum Gasteiger partial charge on any atom is -0.371 e. The molecule has 0 fully saturated rings. The molecule has 1 aromatic rings. The standard InChI is InChI=1S/C10H16N2O3/c1-6(7(2)13)8-11-9(12-15-8)10(3,4)14-5/h6H,1-5H3. The minimum atomic E-state index is -0.599. The van der Waals surface area contributed by atoms with E-state index in [2.05, 4.69) is 10.1 Å². The highest BCUT2D eigenvalue weighted by Crippen LogP contribution is 2.23. The molecule has 1 rings (SSSR count). The smallest absolute Gasteiger partial charge is 0.237 e. The maximum Gasteiger partial charge on any atom is 0.237 e. The van der Waals surface area contributed by atoms with Crippen molar-refractivity contribution in [2.24, 2.45) is 0 Å². The van der Waals surface area contributed by atoms with Crippen molar-refractivity contribution in [1.29, 1.82) is 0 Å². The predicted molar refractivity (Wildman–Crippen MR) is 53.4 cm³/mol. The lowest BCUT2D eigenvalue weighted by atomic mass is 10.1. The molecule has 1 heterocycles. The van der Waals surface area contributed by atoms with Gasteiger partial charge in [0.15, 0.2) is 0 Å². The van der Waals surface area contributed by atoms with E-state index in [0.717, 1.165) is 0 Å². The first-order valence-electron chi connectivity index (χ1n) is 4.78. The predicted octanol–water partition coefficient (Wildman–Crippen LogP) is 1.64. The molecular formula is C10H16N2O3. The zero-order chi connectivity index (χ0) is 11.6. The third-order valence-electron chi connectivity index (χ3n) is 2.47. The van der Waals surface area contributed by atoms with E-state index in [1.54, 1.807) is 14.0 Å². The Morgan fingerprint density at radius 3 is 2.60 bits per heavy atom. The highest BCUT2D eigenvalue weighted by molar-refractivity contribution is 5.81. The number of hydrogen-bond donors (Lipinski definition) is 0. The van der Waals surface area contributed by atoms with E-state index in [1.165, 1.54) is 6.92 Å². The van der Waals surface area contributed by atoms with E-state index >= 15 is 0 Å². The molecule has 1 aromatic heterocycles. The zero-order valence-corrected chi connectivity index (χ0v) is 9.70. The number of methoxy groups -OCH3 is 1. The van der Waals surface area contributed by atoms with Crippen LogP contribution in [0.1, 0.15) is 45.3 Å². The number of Topliss-reactive ketones (excluding diaryl/α,β-unsaturated/α-hetero) is 1. The van der Waals surface area contributed by atoms with Crippen molar-refractivity contribution in [3.05, 3.63) is 11.7 Å². The fraction of sp³-hybridized carbons (Fsp3) is 0.700. The second kappa shape index (κ2) is 4.10. The van der Waals surface area contributed by atoms with Crippen LogP contribution in [0.2, 0.25) is 0 Å². The normalized spacial score (nSPS) is 13.9. The molecule has 0 saturated carbocycles. The van der Waals surface area contributed by atoms with Gasteiger partial charge in [0.2, 0.25) is 11.7 Å². The van der Waals surface area contributed by atoms with E-state index in [9.17, 15) is 4.79 Å². The summed E-state index contributed by atoms with van der Waals surface area (Å²) in [6, 6.07) is 0. The monoisotopic (exact) mass is 212 g/mol. The summed E-state index contributed by atoms with van der Waals surface area (Å²) in [5, 5.41) is 3.80. The van der Waals surface area contributed by atoms with Gasteiger partial charge in [-0.15, -0.1) is 0 Å². The Balaban J connectivity index is 2.95. The number of aromatic nitrogens is 2. The van der Waals surface area contributed by atoms with Crippen molar-refractivity contribution >= 4 is 5.78 Å². The van der Waals surface area contributed by atoms with Gasteiger partial charge in [-0.25, -0.2) is 0 Å². The number of rotatable bonds is 4. The van der Waals surface area contributed by atoms with Gasteiger partial charge in [0.25, 0.3) is 0 Å². The maximum atomic E-state index is 11.1. The van der Waals surface area contributed by atoms with Gasteiger partial charge in [0.05, 0.1) is 5.92 Å². The Kier molecular flexibility index (Phi) is 3.24. The summed E-state index contributed by atoms with van der Waals surface area (Å²) in [6.45, 7) is 6.90. The molecule has 0 radical (unpaired) electrons. The van der Waals surface area contributed by atoms with E-state index in [4.69, 9.17) is 9.26 Å². The molecule has 15 heavy (non-hydrogen) atoms. The summed E-state index contributed by atoms with van der Waals surface area (Å²) >= 11 is 0. The SMILES string of the molecule is COC(C)(C)c1noc(C(C)C(C)=O)n1. The van der Waals surface area contributed by atoms with E-state index < -0.39 is 5.60 Å². The lowest BCUT2D eigenvalue weighted by Gasteiger charge is -2.17. The number of carbonyl (C=O) groups is 1. The molecule has 0 bridgehead atoms. The Labute approximate surface area is 88.8 Å². The van der Waals surface area contributed by atoms with Crippen LogP contribution in [0, 0.1) is 0 Å². The first-order chi connectivity index (χ1) is 6.88. The van der Waals surface area contributed by atoms with Crippen LogP contribution >= 0.6 is 0 Å². The molecular weight excluding hydrogens is 196 g/mol. The van der Waals surface area contributed by atoms with Gasteiger partial charge in [0.1, 0.15) is 11.4 Å². The van der Waals surface area contributed by atoms with Gasteiger partial charge in [0, 0.05) is 7.11 Å². The molecule has 1 unspecified atom stereocenters. The molecule has 0 N–H and O–H groups in total. The van der Waals surface area contributed by atoms with Crippen molar-refractivity contribution in [3.63, 3.8) is 0 Å². The maximum absolute atomic E-state index is 11.1. The second-order valence-corrected chi connectivity index (χ2v) is 4.00. The van der Waals surface area contributed by atoms with Crippen LogP contribution in [0.15, 0.2) is 4.52 Å². The lowest BCUT2D eigenvalue weighted by Crippen LogP contribution is -2.21. The molecule has 0 aliphatic carbocycles. The largest absolute Gasteiger partial charge is 0.371 e. The molecule has 0 aromatic carbocycles. The van der Waals surface area contributed by atoms with Gasteiger partial charge in [-0.05, 0) is 27.7 Å². The van der Waals surface area contributed by atoms with Crippen LogP contribution in [-0.4, -0.2) is 23.0 Å². The van der Waals surface area contributed by atoms with Gasteiger partial charge >= 0.3 is 0 Å². The number of hydrogen-bond acceptors (Lipinski definition) is 5. The average molecular weight is 212 g/mol. The molecule has 84 valence electrons. The fourth-order valence-corrected chi connectivity index (χ4v) is 0.921. The van der Waals surface area contributed by atoms with Gasteiger partial charge in [-0.2, -0.15) is 4.98 Å². The van der Waals surface area contributed by atoms with Gasteiger partial charge < -0.3 is 9.26 Å². The molecule has 0 amide bonds. The number of nitrogens with zero attached hydrogens (tertiary/aromatic N) is 2. The van der Waals surface area contributed by atoms with Crippen molar-refractivity contribution in [2.75, 3.05) is 7.11 Å². The summed E-state index contributed by atoms with van der Waals surface area (Å²) < 4.78 is 10.2. The fourth-order valence-electron chi connectivity index (χ4n) is 0.921. The van der Waals surface area contributed by atoms with Crippen molar-refractivity contribution in [1.82, 2.24) is 10.1 Å². The Morgan fingerprint density at radius 1 is 1.53 bits per heavy atom. The summed E-state index contributed by atoms with van der Waals surface area (Å²) in [5.41, 5.74) is -0.599. The summed E-state index contributed by atoms with van der Waals surface area (Å²) in [5.74, 6) is 0.426. The average Bonchev–Trinajstić information content (AvgIpc) is 2.65. The van der Waals surface area contributed by atoms with Crippen LogP contribution in [0.3, 0.4) is 0 Å². The molecule has 0 aliphatic rings. The first-order valence-corrected chi connectivity index (χ1v) is 4.78. The Morgan fingerprint density at radius 2 is 2.13 bits per heavy atom. The summed E-state index contributed by atoms with van der Waals surface area (Å²) in [4.78, 5) is 15.3. The zero-order valence-electron chi connectivity index (χ0n) is 9.70. The third kappa shape index (κ3) is 2.41. The van der Waals surface area contributed by atoms with Crippen molar-refractivity contribution in [3.8, 4) is 0 Å². The quantitative estimate of drug-likeness (QED) is 0.759. The Bertz CT molecular complexity index is 357. The summed E-state index contributed by atoms with van der Waals surface area (Å²) in [6.07, 6.45) is 0. The van der Waals surface area contributed by atoms with Crippen LogP contribution in [-0.2, 0) is 15.1 Å². The molecule has 0 aliphatic heterocycles. The lowest BCUT2D eigenvalue weighted by molar-refractivity contribution is -0.118. The molecule has 0 saturated heterocycles. The van der Waals surface area contributed by atoms with Gasteiger partial charge in [-0.3, -0.25) is 4.79 Å². The van der Waals surface area contributed by atoms with Crippen LogP contribution in [0.5, 0.6) is 0 Å². The molecule has 0 spiro atoms. The van der Waals surface area contributed by atoms with Crippen molar-refractivity contribution < 1.29 is 14.1 Å². The molecule has 5 nitrogen and oxygen atoms in total.